The number of nitrogens with one attached hydrogen (secondary N) is 2. The number of urea groups is 1. The molecule has 0 bridgehead atoms. The van der Waals surface area contributed by atoms with Crippen LogP contribution in [0.1, 0.15) is 11.6 Å². The van der Waals surface area contributed by atoms with Crippen LogP contribution in [0.25, 0.3) is 0 Å². The van der Waals surface area contributed by atoms with E-state index in [-0.39, 0.29) is 29.5 Å². The summed E-state index contributed by atoms with van der Waals surface area (Å²) < 4.78 is 24.1. The summed E-state index contributed by atoms with van der Waals surface area (Å²) in [5, 5.41) is 4.99. The molecule has 124 valence electrons. The van der Waals surface area contributed by atoms with Crippen LogP contribution in [0.4, 0.5) is 9.18 Å². The van der Waals surface area contributed by atoms with Crippen molar-refractivity contribution in [3.05, 3.63) is 46.9 Å². The monoisotopic (exact) mass is 342 g/mol. The van der Waals surface area contributed by atoms with Crippen molar-refractivity contribution >= 4 is 23.6 Å². The number of halogens is 2. The fourth-order valence-corrected chi connectivity index (χ4v) is 2.61. The second kappa shape index (κ2) is 7.43. The Balaban J connectivity index is 2.34. The maximum Gasteiger partial charge on any atom is 0.319 e. The van der Waals surface area contributed by atoms with Gasteiger partial charge in [-0.3, -0.25) is 4.79 Å². The molecule has 0 spiro atoms. The highest BCUT2D eigenvalue weighted by Crippen LogP contribution is 2.35. The molecule has 0 aromatic heterocycles. The third-order valence-corrected chi connectivity index (χ3v) is 3.70. The summed E-state index contributed by atoms with van der Waals surface area (Å²) in [5.74, 6) is -2.31. The number of hydrogen-bond donors (Lipinski definition) is 2. The van der Waals surface area contributed by atoms with Crippen LogP contribution >= 0.6 is 11.6 Å². The smallest absolute Gasteiger partial charge is 0.319 e. The van der Waals surface area contributed by atoms with E-state index >= 15 is 0 Å². The number of amides is 2. The SMILES string of the molecule is C=C1NC(=O)N[C@H](c2c(F)cccc2Cl)[C@H]1C(=O)OCCOC. The van der Waals surface area contributed by atoms with Crippen molar-refractivity contribution in [2.45, 2.75) is 6.04 Å². The zero-order valence-electron chi connectivity index (χ0n) is 12.4. The fourth-order valence-electron chi connectivity index (χ4n) is 2.33. The van der Waals surface area contributed by atoms with Gasteiger partial charge in [0.25, 0.3) is 0 Å². The highest BCUT2D eigenvalue weighted by Gasteiger charge is 2.41. The molecule has 0 unspecified atom stereocenters. The highest BCUT2D eigenvalue weighted by molar-refractivity contribution is 6.31. The molecule has 2 rings (SSSR count). The van der Waals surface area contributed by atoms with Crippen LogP contribution in [-0.4, -0.2) is 32.3 Å². The van der Waals surface area contributed by atoms with Gasteiger partial charge in [0, 0.05) is 23.4 Å². The van der Waals surface area contributed by atoms with E-state index in [2.05, 4.69) is 17.2 Å². The second-order valence-electron chi connectivity index (χ2n) is 4.87. The third-order valence-electron chi connectivity index (χ3n) is 3.37. The van der Waals surface area contributed by atoms with E-state index in [9.17, 15) is 14.0 Å². The molecule has 1 aliphatic rings. The van der Waals surface area contributed by atoms with Gasteiger partial charge in [0.2, 0.25) is 0 Å². The van der Waals surface area contributed by atoms with Crippen molar-refractivity contribution in [1.29, 1.82) is 0 Å². The number of hydrogen-bond acceptors (Lipinski definition) is 4. The second-order valence-corrected chi connectivity index (χ2v) is 5.28. The molecule has 1 aliphatic heterocycles. The van der Waals surface area contributed by atoms with E-state index in [1.54, 1.807) is 0 Å². The number of rotatable bonds is 5. The van der Waals surface area contributed by atoms with Gasteiger partial charge in [-0.15, -0.1) is 0 Å². The van der Waals surface area contributed by atoms with Crippen LogP contribution in [-0.2, 0) is 14.3 Å². The van der Waals surface area contributed by atoms with Crippen molar-refractivity contribution < 1.29 is 23.5 Å². The van der Waals surface area contributed by atoms with Crippen LogP contribution in [0.5, 0.6) is 0 Å². The largest absolute Gasteiger partial charge is 0.463 e. The van der Waals surface area contributed by atoms with Crippen molar-refractivity contribution in [3.63, 3.8) is 0 Å². The van der Waals surface area contributed by atoms with Crippen molar-refractivity contribution in [1.82, 2.24) is 10.6 Å². The lowest BCUT2D eigenvalue weighted by Crippen LogP contribution is -2.51. The predicted molar refractivity (Wildman–Crippen MR) is 81.3 cm³/mol. The van der Waals surface area contributed by atoms with Gasteiger partial charge in [-0.2, -0.15) is 0 Å². The van der Waals surface area contributed by atoms with Gasteiger partial charge in [-0.1, -0.05) is 24.2 Å². The Labute approximate surface area is 137 Å². The van der Waals surface area contributed by atoms with Gasteiger partial charge in [0.1, 0.15) is 18.3 Å². The molecule has 2 amide bonds. The number of ether oxygens (including phenoxy) is 2. The molecule has 1 heterocycles. The summed E-state index contributed by atoms with van der Waals surface area (Å²) in [6.45, 7) is 3.91. The maximum atomic E-state index is 14.2. The van der Waals surface area contributed by atoms with Gasteiger partial charge in [0.05, 0.1) is 12.6 Å². The molecule has 1 saturated heterocycles. The summed E-state index contributed by atoms with van der Waals surface area (Å²) in [6.07, 6.45) is 0. The molecular weight excluding hydrogens is 327 g/mol. The topological polar surface area (TPSA) is 76.7 Å². The first-order valence-electron chi connectivity index (χ1n) is 6.81. The number of methoxy groups -OCH3 is 1. The van der Waals surface area contributed by atoms with E-state index in [0.29, 0.717) is 0 Å². The van der Waals surface area contributed by atoms with E-state index in [1.807, 2.05) is 0 Å². The van der Waals surface area contributed by atoms with Gasteiger partial charge >= 0.3 is 12.0 Å². The van der Waals surface area contributed by atoms with Crippen LogP contribution in [0.2, 0.25) is 5.02 Å². The van der Waals surface area contributed by atoms with E-state index < -0.39 is 29.8 Å². The summed E-state index contributed by atoms with van der Waals surface area (Å²) in [5.41, 5.74) is 0.124. The molecule has 8 heteroatoms. The predicted octanol–water partition coefficient (Wildman–Crippen LogP) is 2.15. The minimum absolute atomic E-state index is 0.0128. The van der Waals surface area contributed by atoms with Gasteiger partial charge < -0.3 is 20.1 Å². The van der Waals surface area contributed by atoms with Crippen molar-refractivity contribution in [3.8, 4) is 0 Å². The Morgan fingerprint density at radius 2 is 2.17 bits per heavy atom. The first-order chi connectivity index (χ1) is 11.0. The van der Waals surface area contributed by atoms with Crippen molar-refractivity contribution in [2.75, 3.05) is 20.3 Å². The summed E-state index contributed by atoms with van der Waals surface area (Å²) >= 11 is 6.04. The first kappa shape index (κ1) is 17.2. The lowest BCUT2D eigenvalue weighted by Gasteiger charge is -2.33. The average Bonchev–Trinajstić information content (AvgIpc) is 2.46. The molecule has 0 saturated carbocycles. The average molecular weight is 343 g/mol. The number of carbonyl (C=O) groups excluding carboxylic acids is 2. The zero-order valence-corrected chi connectivity index (χ0v) is 13.2. The van der Waals surface area contributed by atoms with Crippen LogP contribution < -0.4 is 10.6 Å². The third kappa shape index (κ3) is 3.80. The number of benzene rings is 1. The Kier molecular flexibility index (Phi) is 5.57. The quantitative estimate of drug-likeness (QED) is 0.635. The van der Waals surface area contributed by atoms with Crippen molar-refractivity contribution in [2.24, 2.45) is 5.92 Å². The summed E-state index contributed by atoms with van der Waals surface area (Å²) in [4.78, 5) is 24.0. The van der Waals surface area contributed by atoms with Gasteiger partial charge in [-0.05, 0) is 12.1 Å². The minimum atomic E-state index is -1.01. The lowest BCUT2D eigenvalue weighted by molar-refractivity contribution is -0.149. The molecule has 2 N–H and O–H groups in total. The lowest BCUT2D eigenvalue weighted by atomic mass is 9.88. The van der Waals surface area contributed by atoms with Gasteiger partial charge in [0.15, 0.2) is 0 Å². The fraction of sp³-hybridized carbons (Fsp3) is 0.333. The normalized spacial score (nSPS) is 20.7. The van der Waals surface area contributed by atoms with Crippen LogP contribution in [0.3, 0.4) is 0 Å². The Morgan fingerprint density at radius 3 is 2.83 bits per heavy atom. The number of esters is 1. The molecule has 23 heavy (non-hydrogen) atoms. The number of carbonyl (C=O) groups is 2. The first-order valence-corrected chi connectivity index (χ1v) is 7.19. The molecular formula is C15H16ClFN2O4. The van der Waals surface area contributed by atoms with E-state index in [1.165, 1.54) is 25.3 Å². The Hall–Kier alpha value is -2.12. The highest BCUT2D eigenvalue weighted by atomic mass is 35.5. The zero-order chi connectivity index (χ0) is 17.0. The molecule has 6 nitrogen and oxygen atoms in total. The van der Waals surface area contributed by atoms with Gasteiger partial charge in [-0.25, -0.2) is 9.18 Å². The molecule has 0 aliphatic carbocycles. The summed E-state index contributed by atoms with van der Waals surface area (Å²) in [6, 6.07) is 2.50. The maximum absolute atomic E-state index is 14.2. The van der Waals surface area contributed by atoms with E-state index in [4.69, 9.17) is 21.1 Å². The molecule has 1 aromatic rings. The summed E-state index contributed by atoms with van der Waals surface area (Å²) in [7, 11) is 1.47. The Morgan fingerprint density at radius 1 is 1.43 bits per heavy atom. The minimum Gasteiger partial charge on any atom is -0.463 e. The van der Waals surface area contributed by atoms with Crippen LogP contribution in [0.15, 0.2) is 30.5 Å². The van der Waals surface area contributed by atoms with E-state index in [0.717, 1.165) is 0 Å². The molecule has 1 fully saturated rings. The standard InChI is InChI=1S/C15H16ClFN2O4/c1-8-11(14(20)23-7-6-22-2)13(19-15(21)18-8)12-9(16)4-3-5-10(12)17/h3-5,11,13H,1,6-7H2,2H3,(H2,18,19,21)/t11-,13-/m0/s1. The molecule has 0 radical (unpaired) electrons. The van der Waals surface area contributed by atoms with Crippen LogP contribution in [0, 0.1) is 11.7 Å². The Bertz CT molecular complexity index is 618. The molecule has 2 atom stereocenters. The molecule has 1 aromatic carbocycles.